The Kier molecular flexibility index (Phi) is 3.52. The van der Waals surface area contributed by atoms with Gasteiger partial charge in [0.2, 0.25) is 0 Å². The molecule has 1 N–H and O–H groups in total. The number of oxazole rings is 1. The van der Waals surface area contributed by atoms with Gasteiger partial charge < -0.3 is 8.98 Å². The van der Waals surface area contributed by atoms with Gasteiger partial charge in [-0.2, -0.15) is 8.42 Å². The molecule has 0 saturated carbocycles. The molecule has 3 aromatic rings. The lowest BCUT2D eigenvalue weighted by Gasteiger charge is -2.15. The number of nitrogens with zero attached hydrogens (tertiary/aromatic N) is 2. The lowest BCUT2D eigenvalue weighted by atomic mass is 10.1. The zero-order valence-corrected chi connectivity index (χ0v) is 11.8. The minimum Gasteiger partial charge on any atom is -0.432 e. The molecule has 6 nitrogen and oxygen atoms in total. The van der Waals surface area contributed by atoms with Gasteiger partial charge >= 0.3 is 0 Å². The van der Waals surface area contributed by atoms with Crippen LogP contribution in [0.15, 0.2) is 47.1 Å². The third-order valence-corrected chi connectivity index (χ3v) is 4.50. The normalized spacial score (nSPS) is 13.6. The van der Waals surface area contributed by atoms with Gasteiger partial charge in [-0.05, 0) is 42.7 Å². The number of fused-ring (bicyclic) bond motifs is 1. The summed E-state index contributed by atoms with van der Waals surface area (Å²) in [4.78, 5) is 3.94. The van der Waals surface area contributed by atoms with Gasteiger partial charge in [0.05, 0.1) is 0 Å². The number of rotatable bonds is 5. The summed E-state index contributed by atoms with van der Waals surface area (Å²) in [5, 5.41) is -0.993. The summed E-state index contributed by atoms with van der Waals surface area (Å²) >= 11 is 0. The van der Waals surface area contributed by atoms with E-state index in [0.717, 1.165) is 5.56 Å². The summed E-state index contributed by atoms with van der Waals surface area (Å²) in [7, 11) is -4.17. The second-order valence-electron chi connectivity index (χ2n) is 4.75. The van der Waals surface area contributed by atoms with Crippen LogP contribution in [-0.4, -0.2) is 22.5 Å². The Morgan fingerprint density at radius 3 is 2.81 bits per heavy atom. The van der Waals surface area contributed by atoms with Crippen molar-refractivity contribution in [1.29, 1.82) is 0 Å². The Bertz CT molecular complexity index is 837. The molecule has 0 saturated heterocycles. The zero-order chi connectivity index (χ0) is 14.9. The molecule has 1 atom stereocenters. The Balaban J connectivity index is 1.80. The summed E-state index contributed by atoms with van der Waals surface area (Å²) in [6.45, 7) is 0. The molecule has 1 aromatic carbocycles. The van der Waals surface area contributed by atoms with Crippen LogP contribution in [0.5, 0.6) is 0 Å². The van der Waals surface area contributed by atoms with Crippen LogP contribution in [0, 0.1) is 6.39 Å². The fourth-order valence-corrected chi connectivity index (χ4v) is 3.16. The predicted octanol–water partition coefficient (Wildman–Crippen LogP) is 2.45. The van der Waals surface area contributed by atoms with E-state index in [2.05, 4.69) is 11.4 Å². The van der Waals surface area contributed by atoms with E-state index < -0.39 is 15.5 Å². The topological polar surface area (TPSA) is 85.3 Å². The van der Waals surface area contributed by atoms with Crippen LogP contribution in [0.1, 0.15) is 17.4 Å². The second-order valence-corrected chi connectivity index (χ2v) is 6.32. The highest BCUT2D eigenvalue weighted by Crippen LogP contribution is 2.22. The number of aryl methyl sites for hydroxylation is 1. The van der Waals surface area contributed by atoms with E-state index in [-0.39, 0.29) is 6.42 Å². The third kappa shape index (κ3) is 2.98. The first-order valence-electron chi connectivity index (χ1n) is 6.38. The van der Waals surface area contributed by atoms with Gasteiger partial charge in [-0.25, -0.2) is 4.98 Å². The summed E-state index contributed by atoms with van der Waals surface area (Å²) in [5.74, 6) is 0. The van der Waals surface area contributed by atoms with Crippen molar-refractivity contribution >= 4 is 21.2 Å². The Morgan fingerprint density at radius 1 is 1.33 bits per heavy atom. The Hall–Kier alpha value is -2.12. The summed E-state index contributed by atoms with van der Waals surface area (Å²) in [5.41, 5.74) is 2.23. The molecular weight excluding hydrogens is 292 g/mol. The highest BCUT2D eigenvalue weighted by Gasteiger charge is 2.23. The molecule has 0 amide bonds. The maximum atomic E-state index is 11.5. The minimum absolute atomic E-state index is 0.264. The van der Waals surface area contributed by atoms with Crippen LogP contribution in [-0.2, 0) is 16.5 Å². The lowest BCUT2D eigenvalue weighted by Crippen LogP contribution is -2.18. The highest BCUT2D eigenvalue weighted by molar-refractivity contribution is 7.85. The molecule has 0 bridgehead atoms. The van der Waals surface area contributed by atoms with Crippen LogP contribution in [0.25, 0.3) is 11.1 Å². The molecule has 21 heavy (non-hydrogen) atoms. The molecule has 1 radical (unpaired) electrons. The van der Waals surface area contributed by atoms with Crippen molar-refractivity contribution in [3.8, 4) is 0 Å². The SMILES string of the molecule is O=S(=O)(O)C(CCc1ccc2o[c]nc2c1)n1cccc1. The molecule has 0 aliphatic rings. The van der Waals surface area contributed by atoms with Crippen molar-refractivity contribution in [3.05, 3.63) is 54.7 Å². The zero-order valence-electron chi connectivity index (χ0n) is 11.0. The van der Waals surface area contributed by atoms with E-state index in [4.69, 9.17) is 4.42 Å². The number of benzene rings is 1. The Labute approximate surface area is 121 Å². The smallest absolute Gasteiger partial charge is 0.286 e. The standard InChI is InChI=1S/C14H13N2O4S/c17-21(18,19)14(16-7-1-2-8-16)6-4-11-3-5-13-12(9-11)15-10-20-13/h1-3,5,7-9,14H,4,6H2,(H,17,18,19). The maximum Gasteiger partial charge on any atom is 0.286 e. The molecule has 109 valence electrons. The monoisotopic (exact) mass is 305 g/mol. The summed E-state index contributed by atoms with van der Waals surface area (Å²) < 4.78 is 39.0. The van der Waals surface area contributed by atoms with Crippen LogP contribution in [0.3, 0.4) is 0 Å². The van der Waals surface area contributed by atoms with Crippen LogP contribution < -0.4 is 0 Å². The summed E-state index contributed by atoms with van der Waals surface area (Å²) in [6, 6.07) is 8.88. The fraction of sp³-hybridized carbons (Fsp3) is 0.214. The molecule has 7 heteroatoms. The van der Waals surface area contributed by atoms with Gasteiger partial charge in [-0.3, -0.25) is 4.55 Å². The molecule has 0 aliphatic carbocycles. The third-order valence-electron chi connectivity index (χ3n) is 3.33. The molecule has 3 rings (SSSR count). The molecule has 1 unspecified atom stereocenters. The van der Waals surface area contributed by atoms with E-state index in [1.807, 2.05) is 12.1 Å². The number of aromatic nitrogens is 2. The molecular formula is C14H13N2O4S. The average molecular weight is 305 g/mol. The molecule has 0 aliphatic heterocycles. The van der Waals surface area contributed by atoms with Crippen LogP contribution >= 0.6 is 0 Å². The van der Waals surface area contributed by atoms with Crippen molar-refractivity contribution in [3.63, 3.8) is 0 Å². The van der Waals surface area contributed by atoms with Crippen LogP contribution in [0.4, 0.5) is 0 Å². The van der Waals surface area contributed by atoms with E-state index in [0.29, 0.717) is 17.5 Å². The van der Waals surface area contributed by atoms with E-state index in [1.165, 1.54) is 4.57 Å². The molecule has 2 aromatic heterocycles. The number of hydrogen-bond acceptors (Lipinski definition) is 4. The van der Waals surface area contributed by atoms with Gasteiger partial charge in [-0.1, -0.05) is 6.07 Å². The van der Waals surface area contributed by atoms with Crippen molar-refractivity contribution in [1.82, 2.24) is 9.55 Å². The Morgan fingerprint density at radius 2 is 2.10 bits per heavy atom. The van der Waals surface area contributed by atoms with Crippen LogP contribution in [0.2, 0.25) is 0 Å². The second kappa shape index (κ2) is 5.34. The first-order valence-corrected chi connectivity index (χ1v) is 7.88. The van der Waals surface area contributed by atoms with E-state index in [1.54, 1.807) is 30.6 Å². The summed E-state index contributed by atoms with van der Waals surface area (Å²) in [6.07, 6.45) is 6.41. The lowest BCUT2D eigenvalue weighted by molar-refractivity contribution is 0.436. The van der Waals surface area contributed by atoms with Crippen molar-refractivity contribution in [2.75, 3.05) is 0 Å². The molecule has 0 spiro atoms. The first-order chi connectivity index (χ1) is 10.0. The highest BCUT2D eigenvalue weighted by atomic mass is 32.2. The molecule has 2 heterocycles. The largest absolute Gasteiger partial charge is 0.432 e. The first kappa shape index (κ1) is 13.8. The predicted molar refractivity (Wildman–Crippen MR) is 76.2 cm³/mol. The van der Waals surface area contributed by atoms with Gasteiger partial charge in [-0.15, -0.1) is 0 Å². The van der Waals surface area contributed by atoms with Gasteiger partial charge in [0.1, 0.15) is 5.52 Å². The van der Waals surface area contributed by atoms with Gasteiger partial charge in [0.15, 0.2) is 11.0 Å². The molecule has 0 fully saturated rings. The minimum atomic E-state index is -4.17. The quantitative estimate of drug-likeness (QED) is 0.732. The van der Waals surface area contributed by atoms with Gasteiger partial charge in [0, 0.05) is 12.4 Å². The van der Waals surface area contributed by atoms with E-state index >= 15 is 0 Å². The van der Waals surface area contributed by atoms with Crippen molar-refractivity contribution in [2.45, 2.75) is 18.2 Å². The average Bonchev–Trinajstić information content (AvgIpc) is 3.07. The van der Waals surface area contributed by atoms with Gasteiger partial charge in [0.25, 0.3) is 16.5 Å². The fourth-order valence-electron chi connectivity index (χ4n) is 2.30. The maximum absolute atomic E-state index is 11.5. The van der Waals surface area contributed by atoms with Crippen molar-refractivity contribution in [2.24, 2.45) is 0 Å². The van der Waals surface area contributed by atoms with Crippen molar-refractivity contribution < 1.29 is 17.4 Å². The number of hydrogen-bond donors (Lipinski definition) is 1. The van der Waals surface area contributed by atoms with E-state index in [9.17, 15) is 13.0 Å².